The standard InChI is InChI=1S/C15H26N4O2/c1-12(16)5-4-6-19-14(20)9-13(10-17-19)18-7-8-21-15(2,3)11-18/h9-10,12H,4-8,11,16H2,1-3H3. The van der Waals surface area contributed by atoms with Gasteiger partial charge in [0.15, 0.2) is 0 Å². The zero-order chi connectivity index (χ0) is 15.5. The van der Waals surface area contributed by atoms with Crippen molar-refractivity contribution in [2.45, 2.75) is 51.8 Å². The van der Waals surface area contributed by atoms with Gasteiger partial charge in [0.05, 0.1) is 24.1 Å². The average molecular weight is 294 g/mol. The van der Waals surface area contributed by atoms with Gasteiger partial charge in [-0.25, -0.2) is 4.68 Å². The molecular weight excluding hydrogens is 268 g/mol. The van der Waals surface area contributed by atoms with Crippen LogP contribution in [0, 0.1) is 0 Å². The van der Waals surface area contributed by atoms with Gasteiger partial charge in [0.1, 0.15) is 0 Å². The van der Waals surface area contributed by atoms with E-state index in [4.69, 9.17) is 10.5 Å². The minimum absolute atomic E-state index is 0.0542. The summed E-state index contributed by atoms with van der Waals surface area (Å²) in [5.74, 6) is 0. The monoisotopic (exact) mass is 294 g/mol. The van der Waals surface area contributed by atoms with Crippen molar-refractivity contribution in [1.29, 1.82) is 0 Å². The van der Waals surface area contributed by atoms with Crippen molar-refractivity contribution in [2.24, 2.45) is 5.73 Å². The zero-order valence-corrected chi connectivity index (χ0v) is 13.2. The number of hydrogen-bond acceptors (Lipinski definition) is 5. The minimum atomic E-state index is -0.190. The SMILES string of the molecule is CC(N)CCCn1ncc(N2CCOC(C)(C)C2)cc1=O. The van der Waals surface area contributed by atoms with Gasteiger partial charge in [-0.2, -0.15) is 5.10 Å². The Balaban J connectivity index is 2.03. The van der Waals surface area contributed by atoms with Crippen LogP contribution in [-0.4, -0.2) is 41.1 Å². The maximum absolute atomic E-state index is 12.1. The number of ether oxygens (including phenoxy) is 1. The summed E-state index contributed by atoms with van der Waals surface area (Å²) in [6, 6.07) is 1.83. The number of nitrogens with two attached hydrogens (primary N) is 1. The summed E-state index contributed by atoms with van der Waals surface area (Å²) in [6.07, 6.45) is 3.54. The van der Waals surface area contributed by atoms with Crippen molar-refractivity contribution >= 4 is 5.69 Å². The summed E-state index contributed by atoms with van der Waals surface area (Å²) < 4.78 is 7.20. The smallest absolute Gasteiger partial charge is 0.268 e. The molecule has 118 valence electrons. The fourth-order valence-corrected chi connectivity index (χ4v) is 2.56. The van der Waals surface area contributed by atoms with Crippen molar-refractivity contribution in [3.8, 4) is 0 Å². The lowest BCUT2D eigenvalue weighted by Crippen LogP contribution is -2.48. The van der Waals surface area contributed by atoms with E-state index in [0.717, 1.165) is 31.6 Å². The second-order valence-corrected chi connectivity index (χ2v) is 6.42. The number of rotatable bonds is 5. The van der Waals surface area contributed by atoms with Crippen LogP contribution in [0.2, 0.25) is 0 Å². The van der Waals surface area contributed by atoms with Crippen LogP contribution in [0.25, 0.3) is 0 Å². The van der Waals surface area contributed by atoms with Gasteiger partial charge < -0.3 is 15.4 Å². The van der Waals surface area contributed by atoms with E-state index in [2.05, 4.69) is 23.8 Å². The predicted molar refractivity (Wildman–Crippen MR) is 83.6 cm³/mol. The van der Waals surface area contributed by atoms with E-state index < -0.39 is 0 Å². The normalized spacial score (nSPS) is 19.5. The molecule has 0 spiro atoms. The van der Waals surface area contributed by atoms with Crippen LogP contribution < -0.4 is 16.2 Å². The minimum Gasteiger partial charge on any atom is -0.372 e. The Labute approximate surface area is 125 Å². The second-order valence-electron chi connectivity index (χ2n) is 6.42. The van der Waals surface area contributed by atoms with Gasteiger partial charge in [-0.1, -0.05) is 0 Å². The number of aromatic nitrogens is 2. The molecule has 1 aliphatic heterocycles. The quantitative estimate of drug-likeness (QED) is 0.876. The molecule has 0 bridgehead atoms. The molecular formula is C15H26N4O2. The van der Waals surface area contributed by atoms with Gasteiger partial charge >= 0.3 is 0 Å². The Morgan fingerprint density at radius 1 is 1.52 bits per heavy atom. The molecule has 1 unspecified atom stereocenters. The summed E-state index contributed by atoms with van der Waals surface area (Å²) in [7, 11) is 0. The Bertz CT molecular complexity index is 525. The number of aryl methyl sites for hydroxylation is 1. The van der Waals surface area contributed by atoms with Crippen LogP contribution in [0.15, 0.2) is 17.1 Å². The fraction of sp³-hybridized carbons (Fsp3) is 0.733. The van der Waals surface area contributed by atoms with E-state index >= 15 is 0 Å². The van der Waals surface area contributed by atoms with Crippen molar-refractivity contribution in [1.82, 2.24) is 9.78 Å². The summed E-state index contributed by atoms with van der Waals surface area (Å²) in [6.45, 7) is 8.94. The van der Waals surface area contributed by atoms with Gasteiger partial charge in [-0.3, -0.25) is 4.79 Å². The Kier molecular flexibility index (Phi) is 5.00. The zero-order valence-electron chi connectivity index (χ0n) is 13.2. The van der Waals surface area contributed by atoms with Crippen LogP contribution >= 0.6 is 0 Å². The Morgan fingerprint density at radius 3 is 2.90 bits per heavy atom. The number of hydrogen-bond donors (Lipinski definition) is 1. The topological polar surface area (TPSA) is 73.4 Å². The highest BCUT2D eigenvalue weighted by Gasteiger charge is 2.27. The number of morpholine rings is 1. The van der Waals surface area contributed by atoms with Crippen LogP contribution in [0.3, 0.4) is 0 Å². The van der Waals surface area contributed by atoms with E-state index in [1.54, 1.807) is 12.3 Å². The number of nitrogens with zero attached hydrogens (tertiary/aromatic N) is 3. The molecule has 0 aliphatic carbocycles. The molecule has 21 heavy (non-hydrogen) atoms. The average Bonchev–Trinajstić information content (AvgIpc) is 2.39. The lowest BCUT2D eigenvalue weighted by atomic mass is 10.1. The molecule has 0 aromatic carbocycles. The van der Waals surface area contributed by atoms with E-state index in [0.29, 0.717) is 13.2 Å². The van der Waals surface area contributed by atoms with Crippen molar-refractivity contribution in [2.75, 3.05) is 24.6 Å². The van der Waals surface area contributed by atoms with Crippen molar-refractivity contribution in [3.05, 3.63) is 22.6 Å². The first-order chi connectivity index (χ1) is 9.87. The maximum atomic E-state index is 12.1. The first-order valence-electron chi connectivity index (χ1n) is 7.59. The molecule has 2 rings (SSSR count). The van der Waals surface area contributed by atoms with Crippen LogP contribution in [0.4, 0.5) is 5.69 Å². The molecule has 1 saturated heterocycles. The highest BCUT2D eigenvalue weighted by atomic mass is 16.5. The van der Waals surface area contributed by atoms with Gasteiger partial charge in [-0.05, 0) is 33.6 Å². The van der Waals surface area contributed by atoms with Crippen LogP contribution in [0.5, 0.6) is 0 Å². The lowest BCUT2D eigenvalue weighted by Gasteiger charge is -2.39. The molecule has 2 N–H and O–H groups in total. The maximum Gasteiger partial charge on any atom is 0.268 e. The molecule has 0 amide bonds. The third-order valence-corrected chi connectivity index (χ3v) is 3.68. The largest absolute Gasteiger partial charge is 0.372 e. The Morgan fingerprint density at radius 2 is 2.29 bits per heavy atom. The van der Waals surface area contributed by atoms with Gasteiger partial charge in [0.2, 0.25) is 0 Å². The molecule has 1 aromatic heterocycles. The van der Waals surface area contributed by atoms with E-state index in [1.807, 2.05) is 6.92 Å². The summed E-state index contributed by atoms with van der Waals surface area (Å²) in [4.78, 5) is 14.3. The summed E-state index contributed by atoms with van der Waals surface area (Å²) in [5.41, 5.74) is 6.35. The number of anilines is 1. The molecule has 1 atom stereocenters. The first-order valence-corrected chi connectivity index (χ1v) is 7.59. The van der Waals surface area contributed by atoms with Crippen molar-refractivity contribution < 1.29 is 4.74 Å². The second kappa shape index (κ2) is 6.58. The van der Waals surface area contributed by atoms with E-state index in [-0.39, 0.29) is 17.2 Å². The fourth-order valence-electron chi connectivity index (χ4n) is 2.56. The molecule has 1 aromatic rings. The molecule has 0 saturated carbocycles. The molecule has 6 nitrogen and oxygen atoms in total. The van der Waals surface area contributed by atoms with E-state index in [1.165, 1.54) is 4.68 Å². The highest BCUT2D eigenvalue weighted by Crippen LogP contribution is 2.21. The van der Waals surface area contributed by atoms with Gasteiger partial charge in [-0.15, -0.1) is 0 Å². The lowest BCUT2D eigenvalue weighted by molar-refractivity contribution is -0.0277. The highest BCUT2D eigenvalue weighted by molar-refractivity contribution is 5.43. The third-order valence-electron chi connectivity index (χ3n) is 3.68. The predicted octanol–water partition coefficient (Wildman–Crippen LogP) is 0.986. The molecule has 1 fully saturated rings. The van der Waals surface area contributed by atoms with Crippen molar-refractivity contribution in [3.63, 3.8) is 0 Å². The van der Waals surface area contributed by atoms with Crippen LogP contribution in [-0.2, 0) is 11.3 Å². The molecule has 6 heteroatoms. The third kappa shape index (κ3) is 4.54. The van der Waals surface area contributed by atoms with Gasteiger partial charge in [0.25, 0.3) is 5.56 Å². The first kappa shape index (κ1) is 16.0. The summed E-state index contributed by atoms with van der Waals surface area (Å²) >= 11 is 0. The van der Waals surface area contributed by atoms with Crippen LogP contribution in [0.1, 0.15) is 33.6 Å². The van der Waals surface area contributed by atoms with E-state index in [9.17, 15) is 4.79 Å². The molecule has 1 aliphatic rings. The summed E-state index contributed by atoms with van der Waals surface area (Å²) in [5, 5.41) is 4.28. The molecule has 0 radical (unpaired) electrons. The molecule has 2 heterocycles. The Hall–Kier alpha value is -1.40. The van der Waals surface area contributed by atoms with Gasteiger partial charge in [0, 0.05) is 31.7 Å².